The van der Waals surface area contributed by atoms with Crippen molar-refractivity contribution in [1.29, 1.82) is 5.26 Å². The van der Waals surface area contributed by atoms with Crippen molar-refractivity contribution in [3.63, 3.8) is 0 Å². The highest BCUT2D eigenvalue weighted by atomic mass is 16.6. The van der Waals surface area contributed by atoms with E-state index < -0.39 is 35.4 Å². The Morgan fingerprint density at radius 3 is 2.61 bits per heavy atom. The first-order valence-corrected chi connectivity index (χ1v) is 10.2. The molecule has 0 saturated carbocycles. The van der Waals surface area contributed by atoms with Crippen LogP contribution in [0.4, 0.5) is 5.69 Å². The first-order valence-electron chi connectivity index (χ1n) is 10.2. The van der Waals surface area contributed by atoms with Crippen LogP contribution in [0.3, 0.4) is 0 Å². The van der Waals surface area contributed by atoms with E-state index in [2.05, 4.69) is 6.58 Å². The number of para-hydroxylation sites is 1. The molecule has 1 aromatic rings. The number of amides is 1. The average molecular weight is 451 g/mol. The number of nitriles is 1. The Labute approximate surface area is 191 Å². The molecule has 0 saturated heterocycles. The molecule has 2 aliphatic rings. The molecule has 0 radical (unpaired) electrons. The molecule has 2 aliphatic heterocycles. The molecular weight excluding hydrogens is 426 g/mol. The molecule has 2 N–H and O–H groups in total. The number of anilines is 1. The Kier molecular flexibility index (Phi) is 6.05. The summed E-state index contributed by atoms with van der Waals surface area (Å²) in [5.41, 5.74) is 3.53. The zero-order valence-corrected chi connectivity index (χ0v) is 18.9. The summed E-state index contributed by atoms with van der Waals surface area (Å²) in [5.74, 6) is -2.51. The van der Waals surface area contributed by atoms with E-state index in [0.29, 0.717) is 11.3 Å². The zero-order valence-electron chi connectivity index (χ0n) is 18.9. The van der Waals surface area contributed by atoms with Crippen molar-refractivity contribution in [2.75, 3.05) is 18.1 Å². The second kappa shape index (κ2) is 8.47. The quantitative estimate of drug-likeness (QED) is 0.533. The Balaban J connectivity index is 2.25. The largest absolute Gasteiger partial charge is 0.459 e. The maximum atomic E-state index is 14.0. The van der Waals surface area contributed by atoms with Gasteiger partial charge in [-0.2, -0.15) is 5.26 Å². The minimum Gasteiger partial charge on any atom is -0.459 e. The van der Waals surface area contributed by atoms with Crippen LogP contribution in [0.1, 0.15) is 33.3 Å². The van der Waals surface area contributed by atoms with E-state index in [4.69, 9.17) is 19.9 Å². The van der Waals surface area contributed by atoms with E-state index in [1.54, 1.807) is 45.0 Å². The average Bonchev–Trinajstić information content (AvgIpc) is 2.94. The van der Waals surface area contributed by atoms with Crippen molar-refractivity contribution >= 4 is 23.5 Å². The molecule has 3 rings (SSSR count). The fourth-order valence-corrected chi connectivity index (χ4v) is 4.08. The van der Waals surface area contributed by atoms with Gasteiger partial charge in [-0.3, -0.25) is 14.5 Å². The summed E-state index contributed by atoms with van der Waals surface area (Å²) in [6.07, 6.45) is 1.37. The molecular formula is C24H25N3O6. The van der Waals surface area contributed by atoms with Crippen LogP contribution in [0.5, 0.6) is 0 Å². The van der Waals surface area contributed by atoms with Gasteiger partial charge in [0.25, 0.3) is 0 Å². The summed E-state index contributed by atoms with van der Waals surface area (Å²) in [4.78, 5) is 41.0. The number of esters is 2. The minimum absolute atomic E-state index is 0.0165. The third-order valence-corrected chi connectivity index (χ3v) is 5.13. The Bertz CT molecular complexity index is 1150. The van der Waals surface area contributed by atoms with Crippen LogP contribution in [-0.4, -0.2) is 36.6 Å². The molecule has 1 spiro atoms. The number of carbonyl (C=O) groups excluding carboxylic acids is 3. The lowest BCUT2D eigenvalue weighted by Gasteiger charge is -2.34. The topological polar surface area (TPSA) is 132 Å². The van der Waals surface area contributed by atoms with Crippen molar-refractivity contribution in [1.82, 2.24) is 0 Å². The predicted molar refractivity (Wildman–Crippen MR) is 118 cm³/mol. The number of hydrogen-bond donors (Lipinski definition) is 1. The van der Waals surface area contributed by atoms with Gasteiger partial charge in [0, 0.05) is 11.3 Å². The summed E-state index contributed by atoms with van der Waals surface area (Å²) < 4.78 is 16.1. The molecule has 0 bridgehead atoms. The molecule has 9 nitrogen and oxygen atoms in total. The van der Waals surface area contributed by atoms with Crippen molar-refractivity contribution in [2.45, 2.75) is 38.7 Å². The van der Waals surface area contributed by atoms with E-state index in [9.17, 15) is 19.6 Å². The van der Waals surface area contributed by atoms with E-state index in [0.717, 1.165) is 0 Å². The summed E-state index contributed by atoms with van der Waals surface area (Å²) in [7, 11) is 0. The smallest absolute Gasteiger partial charge is 0.339 e. The van der Waals surface area contributed by atoms with Gasteiger partial charge in [-0.25, -0.2) is 4.79 Å². The number of ether oxygens (including phenoxy) is 3. The SMILES string of the molecule is C=CCOC(=O)C1=C(C)OC(N)=C(C#N)C12C(=O)N(CC(=O)OC(C)(C)C)c1ccccc12. The van der Waals surface area contributed by atoms with Crippen LogP contribution in [-0.2, 0) is 34.0 Å². The number of fused-ring (bicyclic) bond motifs is 2. The molecule has 33 heavy (non-hydrogen) atoms. The van der Waals surface area contributed by atoms with Crippen molar-refractivity contribution in [2.24, 2.45) is 5.73 Å². The van der Waals surface area contributed by atoms with Gasteiger partial charge in [-0.1, -0.05) is 30.9 Å². The van der Waals surface area contributed by atoms with Gasteiger partial charge in [-0.15, -0.1) is 0 Å². The van der Waals surface area contributed by atoms with Crippen molar-refractivity contribution in [3.8, 4) is 6.07 Å². The van der Waals surface area contributed by atoms with Crippen LogP contribution in [0.2, 0.25) is 0 Å². The molecule has 2 heterocycles. The molecule has 1 amide bonds. The van der Waals surface area contributed by atoms with Gasteiger partial charge >= 0.3 is 11.9 Å². The Morgan fingerprint density at radius 1 is 1.33 bits per heavy atom. The van der Waals surface area contributed by atoms with E-state index in [1.807, 2.05) is 6.07 Å². The summed E-state index contributed by atoms with van der Waals surface area (Å²) in [5, 5.41) is 9.99. The normalized spacial score (nSPS) is 19.7. The molecule has 0 aromatic heterocycles. The molecule has 9 heteroatoms. The molecule has 0 aliphatic carbocycles. The highest BCUT2D eigenvalue weighted by Gasteiger charge is 2.62. The maximum Gasteiger partial charge on any atom is 0.339 e. The van der Waals surface area contributed by atoms with E-state index in [-0.39, 0.29) is 29.4 Å². The molecule has 1 aromatic carbocycles. The van der Waals surface area contributed by atoms with E-state index in [1.165, 1.54) is 17.9 Å². The van der Waals surface area contributed by atoms with Crippen molar-refractivity contribution < 1.29 is 28.6 Å². The standard InChI is InChI=1S/C24H25N3O6/c1-6-11-31-21(29)19-14(2)32-20(26)16(12-25)24(19)15-9-7-8-10-17(15)27(22(24)30)13-18(28)33-23(3,4)5/h6-10H,1,11,13,26H2,2-5H3. The molecule has 172 valence electrons. The fraction of sp³-hybridized carbons (Fsp3) is 0.333. The number of benzene rings is 1. The zero-order chi connectivity index (χ0) is 24.6. The first kappa shape index (κ1) is 23.6. The highest BCUT2D eigenvalue weighted by Crippen LogP contribution is 2.54. The number of allylic oxidation sites excluding steroid dienone is 1. The second-order valence-electron chi connectivity index (χ2n) is 8.52. The third kappa shape index (κ3) is 3.84. The summed E-state index contributed by atoms with van der Waals surface area (Å²) in [6, 6.07) is 8.50. The van der Waals surface area contributed by atoms with E-state index >= 15 is 0 Å². The second-order valence-corrected chi connectivity index (χ2v) is 8.52. The maximum absolute atomic E-state index is 14.0. The van der Waals surface area contributed by atoms with Crippen LogP contribution in [0.15, 0.2) is 59.7 Å². The van der Waals surface area contributed by atoms with Gasteiger partial charge in [0.15, 0.2) is 5.41 Å². The summed E-state index contributed by atoms with van der Waals surface area (Å²) in [6.45, 7) is 9.56. The van der Waals surface area contributed by atoms with Crippen LogP contribution < -0.4 is 10.6 Å². The number of nitrogens with zero attached hydrogens (tertiary/aromatic N) is 2. The molecule has 1 atom stereocenters. The lowest BCUT2D eigenvalue weighted by Crippen LogP contribution is -2.49. The predicted octanol–water partition coefficient (Wildman–Crippen LogP) is 2.34. The first-order chi connectivity index (χ1) is 15.5. The number of nitrogens with two attached hydrogens (primary N) is 1. The van der Waals surface area contributed by atoms with Crippen LogP contribution in [0, 0.1) is 11.3 Å². The summed E-state index contributed by atoms with van der Waals surface area (Å²) >= 11 is 0. The monoisotopic (exact) mass is 451 g/mol. The number of carbonyl (C=O) groups is 3. The number of rotatable bonds is 5. The third-order valence-electron chi connectivity index (χ3n) is 5.13. The van der Waals surface area contributed by atoms with Gasteiger partial charge < -0.3 is 19.9 Å². The van der Waals surface area contributed by atoms with Crippen molar-refractivity contribution in [3.05, 3.63) is 65.3 Å². The lowest BCUT2D eigenvalue weighted by molar-refractivity contribution is -0.153. The Morgan fingerprint density at radius 2 is 2.00 bits per heavy atom. The molecule has 1 unspecified atom stereocenters. The van der Waals surface area contributed by atoms with Gasteiger partial charge in [0.05, 0.1) is 0 Å². The highest BCUT2D eigenvalue weighted by molar-refractivity contribution is 6.19. The molecule has 0 fully saturated rings. The Hall–Kier alpha value is -4.06. The van der Waals surface area contributed by atoms with Gasteiger partial charge in [0.1, 0.15) is 41.7 Å². The number of hydrogen-bond acceptors (Lipinski definition) is 8. The van der Waals surface area contributed by atoms with Crippen LogP contribution in [0.25, 0.3) is 0 Å². The van der Waals surface area contributed by atoms with Gasteiger partial charge in [0.2, 0.25) is 11.8 Å². The minimum atomic E-state index is -1.93. The van der Waals surface area contributed by atoms with Gasteiger partial charge in [-0.05, 0) is 33.8 Å². The van der Waals surface area contributed by atoms with Crippen LogP contribution >= 0.6 is 0 Å². The lowest BCUT2D eigenvalue weighted by atomic mass is 9.68. The fourth-order valence-electron chi connectivity index (χ4n) is 4.08.